The van der Waals surface area contributed by atoms with Crippen molar-refractivity contribution in [3.8, 4) is 0 Å². The van der Waals surface area contributed by atoms with Crippen molar-refractivity contribution in [3.05, 3.63) is 48.7 Å². The molecule has 1 aromatic heterocycles. The maximum atomic E-state index is 13.2. The number of anilines is 1. The minimum absolute atomic E-state index is 0.0610. The lowest BCUT2D eigenvalue weighted by Crippen LogP contribution is -2.48. The Kier molecular flexibility index (Phi) is 4.53. The average molecular weight is 336 g/mol. The van der Waals surface area contributed by atoms with E-state index in [9.17, 15) is 12.8 Å². The third kappa shape index (κ3) is 3.83. The Labute approximate surface area is 134 Å². The highest BCUT2D eigenvalue weighted by Crippen LogP contribution is 2.18. The molecule has 1 saturated heterocycles. The van der Waals surface area contributed by atoms with Gasteiger partial charge < -0.3 is 4.90 Å². The molecule has 1 fully saturated rings. The van der Waals surface area contributed by atoms with Gasteiger partial charge in [-0.25, -0.2) is 22.5 Å². The molecule has 1 N–H and O–H groups in total. The second kappa shape index (κ2) is 6.59. The summed E-state index contributed by atoms with van der Waals surface area (Å²) in [4.78, 5) is 10.2. The zero-order valence-corrected chi connectivity index (χ0v) is 13.2. The van der Waals surface area contributed by atoms with Crippen LogP contribution in [-0.4, -0.2) is 37.5 Å². The van der Waals surface area contributed by atoms with Crippen LogP contribution in [0, 0.1) is 5.82 Å². The van der Waals surface area contributed by atoms with Gasteiger partial charge in [0.1, 0.15) is 11.6 Å². The monoisotopic (exact) mass is 336 g/mol. The summed E-state index contributed by atoms with van der Waals surface area (Å²) in [5.41, 5.74) is 0. The van der Waals surface area contributed by atoms with Crippen molar-refractivity contribution in [1.82, 2.24) is 14.7 Å². The third-order valence-electron chi connectivity index (χ3n) is 3.72. The molecular formula is C15H17FN4O2S. The molecule has 0 radical (unpaired) electrons. The van der Waals surface area contributed by atoms with E-state index in [0.29, 0.717) is 6.54 Å². The van der Waals surface area contributed by atoms with Crippen molar-refractivity contribution in [1.29, 1.82) is 0 Å². The van der Waals surface area contributed by atoms with Crippen LogP contribution >= 0.6 is 0 Å². The molecule has 0 bridgehead atoms. The van der Waals surface area contributed by atoms with E-state index >= 15 is 0 Å². The molecule has 1 aliphatic heterocycles. The van der Waals surface area contributed by atoms with E-state index in [1.165, 1.54) is 18.2 Å². The van der Waals surface area contributed by atoms with Gasteiger partial charge in [0.15, 0.2) is 0 Å². The summed E-state index contributed by atoms with van der Waals surface area (Å²) in [6, 6.07) is 4.76. The first kappa shape index (κ1) is 15.8. The second-order valence-corrected chi connectivity index (χ2v) is 7.14. The van der Waals surface area contributed by atoms with E-state index in [1.807, 2.05) is 4.90 Å². The summed E-state index contributed by atoms with van der Waals surface area (Å²) in [6.07, 6.45) is 6.43. The van der Waals surface area contributed by atoms with Crippen LogP contribution in [0.3, 0.4) is 0 Å². The SMILES string of the molecule is O=S(=O)(NC1CCCN(c2cnccn2)C1)c1cccc(F)c1. The molecule has 6 nitrogen and oxygen atoms in total. The molecule has 1 aromatic carbocycles. The topological polar surface area (TPSA) is 75.2 Å². The lowest BCUT2D eigenvalue weighted by molar-refractivity contribution is 0.463. The highest BCUT2D eigenvalue weighted by Gasteiger charge is 2.26. The Bertz CT molecular complexity index is 770. The quantitative estimate of drug-likeness (QED) is 0.917. The van der Waals surface area contributed by atoms with E-state index in [-0.39, 0.29) is 10.9 Å². The van der Waals surface area contributed by atoms with Gasteiger partial charge >= 0.3 is 0 Å². The van der Waals surface area contributed by atoms with E-state index in [1.54, 1.807) is 18.6 Å². The maximum absolute atomic E-state index is 13.2. The molecule has 3 rings (SSSR count). The molecule has 0 aliphatic carbocycles. The molecule has 0 spiro atoms. The molecule has 8 heteroatoms. The van der Waals surface area contributed by atoms with Crippen molar-refractivity contribution in [2.45, 2.75) is 23.8 Å². The molecule has 122 valence electrons. The second-order valence-electron chi connectivity index (χ2n) is 5.43. The van der Waals surface area contributed by atoms with Crippen molar-refractivity contribution < 1.29 is 12.8 Å². The van der Waals surface area contributed by atoms with Crippen LogP contribution in [0.5, 0.6) is 0 Å². The highest BCUT2D eigenvalue weighted by molar-refractivity contribution is 7.89. The predicted molar refractivity (Wildman–Crippen MR) is 84.0 cm³/mol. The van der Waals surface area contributed by atoms with Gasteiger partial charge in [0.05, 0.1) is 11.1 Å². The molecule has 0 saturated carbocycles. The van der Waals surface area contributed by atoms with E-state index < -0.39 is 15.8 Å². The number of sulfonamides is 1. The van der Waals surface area contributed by atoms with Gasteiger partial charge in [0, 0.05) is 31.5 Å². The average Bonchev–Trinajstić information content (AvgIpc) is 2.55. The number of piperidine rings is 1. The first-order valence-electron chi connectivity index (χ1n) is 7.33. The van der Waals surface area contributed by atoms with Crippen molar-refractivity contribution in [3.63, 3.8) is 0 Å². The van der Waals surface area contributed by atoms with Crippen molar-refractivity contribution >= 4 is 15.8 Å². The fraction of sp³-hybridized carbons (Fsp3) is 0.333. The molecule has 1 unspecified atom stereocenters. The Balaban J connectivity index is 1.72. The number of rotatable bonds is 4. The summed E-state index contributed by atoms with van der Waals surface area (Å²) in [6.45, 7) is 1.31. The molecule has 0 amide bonds. The first-order valence-corrected chi connectivity index (χ1v) is 8.82. The van der Waals surface area contributed by atoms with Crippen LogP contribution in [0.4, 0.5) is 10.2 Å². The van der Waals surface area contributed by atoms with Gasteiger partial charge in [-0.1, -0.05) is 6.07 Å². The van der Waals surface area contributed by atoms with Crippen LogP contribution in [0.2, 0.25) is 0 Å². The van der Waals surface area contributed by atoms with Gasteiger partial charge in [-0.2, -0.15) is 0 Å². The van der Waals surface area contributed by atoms with Gasteiger partial charge in [-0.15, -0.1) is 0 Å². The molecular weight excluding hydrogens is 319 g/mol. The van der Waals surface area contributed by atoms with Crippen LogP contribution < -0.4 is 9.62 Å². The number of nitrogens with one attached hydrogen (secondary N) is 1. The van der Waals surface area contributed by atoms with Crippen LogP contribution in [0.15, 0.2) is 47.8 Å². The summed E-state index contributed by atoms with van der Waals surface area (Å²) in [5, 5.41) is 0. The third-order valence-corrected chi connectivity index (χ3v) is 5.24. The predicted octanol–water partition coefficient (Wildman–Crippen LogP) is 1.56. The van der Waals surface area contributed by atoms with Crippen LogP contribution in [-0.2, 0) is 10.0 Å². The summed E-state index contributed by atoms with van der Waals surface area (Å²) in [7, 11) is -3.74. The first-order chi connectivity index (χ1) is 11.0. The zero-order chi connectivity index (χ0) is 16.3. The summed E-state index contributed by atoms with van der Waals surface area (Å²) >= 11 is 0. The van der Waals surface area contributed by atoms with Gasteiger partial charge in [0.2, 0.25) is 10.0 Å². The van der Waals surface area contributed by atoms with E-state index in [0.717, 1.165) is 31.3 Å². The molecule has 2 heterocycles. The molecule has 1 aliphatic rings. The van der Waals surface area contributed by atoms with Crippen molar-refractivity contribution in [2.75, 3.05) is 18.0 Å². The van der Waals surface area contributed by atoms with Crippen LogP contribution in [0.25, 0.3) is 0 Å². The lowest BCUT2D eigenvalue weighted by Gasteiger charge is -2.33. The summed E-state index contributed by atoms with van der Waals surface area (Å²) < 4.78 is 40.6. The fourth-order valence-electron chi connectivity index (χ4n) is 2.66. The summed E-state index contributed by atoms with van der Waals surface area (Å²) in [5.74, 6) is 0.153. The minimum Gasteiger partial charge on any atom is -0.354 e. The number of hydrogen-bond donors (Lipinski definition) is 1. The number of aromatic nitrogens is 2. The van der Waals surface area contributed by atoms with Gasteiger partial charge in [0.25, 0.3) is 0 Å². The number of halogens is 1. The zero-order valence-electron chi connectivity index (χ0n) is 12.4. The smallest absolute Gasteiger partial charge is 0.240 e. The van der Waals surface area contributed by atoms with Crippen molar-refractivity contribution in [2.24, 2.45) is 0 Å². The molecule has 23 heavy (non-hydrogen) atoms. The van der Waals surface area contributed by atoms with Gasteiger partial charge in [-0.3, -0.25) is 4.98 Å². The Morgan fingerprint density at radius 1 is 1.30 bits per heavy atom. The maximum Gasteiger partial charge on any atom is 0.240 e. The van der Waals surface area contributed by atoms with Gasteiger partial charge in [-0.05, 0) is 31.0 Å². The largest absolute Gasteiger partial charge is 0.354 e. The fourth-order valence-corrected chi connectivity index (χ4v) is 3.95. The lowest BCUT2D eigenvalue weighted by atomic mass is 10.1. The van der Waals surface area contributed by atoms with E-state index in [2.05, 4.69) is 14.7 Å². The highest BCUT2D eigenvalue weighted by atomic mass is 32.2. The Hall–Kier alpha value is -2.06. The standard InChI is InChI=1S/C15H17FN4O2S/c16-12-3-1-5-14(9-12)23(21,22)19-13-4-2-8-20(11-13)15-10-17-6-7-18-15/h1,3,5-7,9-10,13,19H,2,4,8,11H2. The minimum atomic E-state index is -3.74. The Morgan fingerprint density at radius 3 is 2.91 bits per heavy atom. The number of hydrogen-bond acceptors (Lipinski definition) is 5. The number of benzene rings is 1. The van der Waals surface area contributed by atoms with Crippen LogP contribution in [0.1, 0.15) is 12.8 Å². The normalized spacial score (nSPS) is 18.8. The van der Waals surface area contributed by atoms with E-state index in [4.69, 9.17) is 0 Å². The Morgan fingerprint density at radius 2 is 2.17 bits per heavy atom. The number of nitrogens with zero attached hydrogens (tertiary/aromatic N) is 3. The molecule has 1 atom stereocenters. The molecule has 2 aromatic rings.